The molecule has 1 aromatic heterocycles. The van der Waals surface area contributed by atoms with Crippen molar-refractivity contribution in [2.75, 3.05) is 13.2 Å². The molecule has 0 radical (unpaired) electrons. The van der Waals surface area contributed by atoms with Crippen molar-refractivity contribution in [1.29, 1.82) is 0 Å². The summed E-state index contributed by atoms with van der Waals surface area (Å²) in [4.78, 5) is 16.4. The third kappa shape index (κ3) is 2.96. The summed E-state index contributed by atoms with van der Waals surface area (Å²) in [5.41, 5.74) is 2.96. The zero-order valence-corrected chi connectivity index (χ0v) is 18.4. The number of fused-ring (bicyclic) bond motifs is 5. The Morgan fingerprint density at radius 1 is 1.20 bits per heavy atom. The maximum absolute atomic E-state index is 12.0. The molecule has 5 nitrogen and oxygen atoms in total. The summed E-state index contributed by atoms with van der Waals surface area (Å²) in [5, 5.41) is 2.93. The molecule has 1 N–H and O–H groups in total. The standard InChI is InChI=1S/C25H34N2O3/c1-4-29-17-13-16(14-26-15-17)19-6-7-20-18-5-8-22-25(3,11-12-27-23(28)30-22)21(18)9-10-24(19,20)2/h6,13-15,18,20-22H,4-5,7-12H2,1-3H3,(H,27,28)/t18-,20-,21-,22+,24+,25+/m0/s1. The van der Waals surface area contributed by atoms with Crippen molar-refractivity contribution in [3.63, 3.8) is 0 Å². The summed E-state index contributed by atoms with van der Waals surface area (Å²) in [6.07, 6.45) is 12.8. The lowest BCUT2D eigenvalue weighted by Crippen LogP contribution is -2.53. The number of hydrogen-bond donors (Lipinski definition) is 1. The fourth-order valence-corrected chi connectivity index (χ4v) is 7.39. The van der Waals surface area contributed by atoms with Crippen molar-refractivity contribution >= 4 is 11.7 Å². The number of carbonyl (C=O) groups excluding carboxylic acids is 1. The molecule has 4 aliphatic rings. The van der Waals surface area contributed by atoms with Crippen LogP contribution in [0, 0.1) is 28.6 Å². The molecule has 0 bridgehead atoms. The third-order valence-electron chi connectivity index (χ3n) is 8.88. The second kappa shape index (κ2) is 7.28. The Bertz CT molecular complexity index is 868. The number of nitrogens with one attached hydrogen (secondary N) is 1. The average molecular weight is 411 g/mol. The molecular formula is C25H34N2O3. The summed E-state index contributed by atoms with van der Waals surface area (Å²) < 4.78 is 11.6. The van der Waals surface area contributed by atoms with Crippen LogP contribution in [0.15, 0.2) is 24.5 Å². The minimum Gasteiger partial charge on any atom is -0.492 e. The Labute approximate surface area is 179 Å². The molecule has 5 heteroatoms. The number of pyridine rings is 1. The van der Waals surface area contributed by atoms with E-state index in [4.69, 9.17) is 9.47 Å². The van der Waals surface area contributed by atoms with Gasteiger partial charge in [-0.25, -0.2) is 4.79 Å². The highest BCUT2D eigenvalue weighted by molar-refractivity contribution is 5.73. The second-order valence-electron chi connectivity index (χ2n) is 10.2. The van der Waals surface area contributed by atoms with Crippen LogP contribution in [0.1, 0.15) is 64.9 Å². The number of rotatable bonds is 3. The Balaban J connectivity index is 1.42. The van der Waals surface area contributed by atoms with Gasteiger partial charge in [0.15, 0.2) is 0 Å². The highest BCUT2D eigenvalue weighted by atomic mass is 16.6. The Kier molecular flexibility index (Phi) is 4.83. The van der Waals surface area contributed by atoms with Crippen LogP contribution in [0.4, 0.5) is 4.79 Å². The summed E-state index contributed by atoms with van der Waals surface area (Å²) in [5.74, 6) is 2.84. The number of alkyl carbamates (subject to hydrolysis) is 1. The molecule has 5 rings (SSSR count). The first-order valence-electron chi connectivity index (χ1n) is 11.7. The monoisotopic (exact) mass is 410 g/mol. The van der Waals surface area contributed by atoms with Crippen LogP contribution >= 0.6 is 0 Å². The van der Waals surface area contributed by atoms with E-state index in [0.717, 1.165) is 38.0 Å². The van der Waals surface area contributed by atoms with Gasteiger partial charge in [0.2, 0.25) is 0 Å². The quantitative estimate of drug-likeness (QED) is 0.743. The minimum atomic E-state index is -0.227. The van der Waals surface area contributed by atoms with Crippen molar-refractivity contribution in [3.8, 4) is 5.75 Å². The zero-order valence-electron chi connectivity index (χ0n) is 18.4. The van der Waals surface area contributed by atoms with Crippen LogP contribution in [0.2, 0.25) is 0 Å². The van der Waals surface area contributed by atoms with E-state index in [0.29, 0.717) is 24.4 Å². The van der Waals surface area contributed by atoms with E-state index in [2.05, 4.69) is 36.3 Å². The van der Waals surface area contributed by atoms with Crippen LogP contribution in [0.25, 0.3) is 5.57 Å². The van der Waals surface area contributed by atoms with Gasteiger partial charge in [-0.2, -0.15) is 0 Å². The summed E-state index contributed by atoms with van der Waals surface area (Å²) in [7, 11) is 0. The Hall–Kier alpha value is -2.04. The van der Waals surface area contributed by atoms with E-state index >= 15 is 0 Å². The molecule has 0 aromatic carbocycles. The average Bonchev–Trinajstić information content (AvgIpc) is 2.99. The van der Waals surface area contributed by atoms with Gasteiger partial charge in [0.1, 0.15) is 11.9 Å². The fraction of sp³-hybridized carbons (Fsp3) is 0.680. The Morgan fingerprint density at radius 2 is 2.07 bits per heavy atom. The van der Waals surface area contributed by atoms with Gasteiger partial charge in [0, 0.05) is 18.2 Å². The first kappa shape index (κ1) is 19.9. The normalized spacial score (nSPS) is 40.1. The maximum atomic E-state index is 12.0. The van der Waals surface area contributed by atoms with Gasteiger partial charge >= 0.3 is 6.09 Å². The molecule has 3 aliphatic carbocycles. The molecule has 2 saturated carbocycles. The lowest BCUT2D eigenvalue weighted by molar-refractivity contribution is -0.113. The SMILES string of the molecule is CCOc1cncc(C2=CC[C@H]3[C@@H]4CC[C@H]5OC(=O)NCC[C@]5(C)[C@H]4CC[C@]23C)c1. The maximum Gasteiger partial charge on any atom is 0.407 e. The number of hydrogen-bond acceptors (Lipinski definition) is 4. The van der Waals surface area contributed by atoms with Crippen molar-refractivity contribution in [3.05, 3.63) is 30.1 Å². The molecule has 6 atom stereocenters. The van der Waals surface area contributed by atoms with Gasteiger partial charge < -0.3 is 14.8 Å². The van der Waals surface area contributed by atoms with Gasteiger partial charge in [-0.05, 0) is 85.8 Å². The number of amides is 1. The van der Waals surface area contributed by atoms with Crippen molar-refractivity contribution in [2.45, 2.75) is 65.4 Å². The van der Waals surface area contributed by atoms with E-state index < -0.39 is 0 Å². The predicted octanol–water partition coefficient (Wildman–Crippen LogP) is 5.21. The van der Waals surface area contributed by atoms with E-state index in [1.54, 1.807) is 0 Å². The lowest BCUT2D eigenvalue weighted by Gasteiger charge is -2.57. The molecule has 1 amide bonds. The first-order valence-corrected chi connectivity index (χ1v) is 11.7. The molecule has 0 spiro atoms. The van der Waals surface area contributed by atoms with Crippen LogP contribution < -0.4 is 10.1 Å². The molecule has 3 fully saturated rings. The van der Waals surface area contributed by atoms with Crippen molar-refractivity contribution in [2.24, 2.45) is 28.6 Å². The number of ether oxygens (including phenoxy) is 2. The van der Waals surface area contributed by atoms with E-state index in [1.165, 1.54) is 24.0 Å². The molecule has 0 unspecified atom stereocenters. The van der Waals surface area contributed by atoms with E-state index in [9.17, 15) is 4.79 Å². The smallest absolute Gasteiger partial charge is 0.407 e. The topological polar surface area (TPSA) is 60.5 Å². The van der Waals surface area contributed by atoms with Crippen molar-refractivity contribution in [1.82, 2.24) is 10.3 Å². The van der Waals surface area contributed by atoms with Gasteiger partial charge in [0.05, 0.1) is 12.8 Å². The van der Waals surface area contributed by atoms with Crippen LogP contribution in [0.3, 0.4) is 0 Å². The lowest BCUT2D eigenvalue weighted by atomic mass is 9.48. The second-order valence-corrected chi connectivity index (χ2v) is 10.2. The summed E-state index contributed by atoms with van der Waals surface area (Å²) in [6, 6.07) is 2.16. The van der Waals surface area contributed by atoms with Gasteiger partial charge in [-0.15, -0.1) is 0 Å². The molecule has 30 heavy (non-hydrogen) atoms. The van der Waals surface area contributed by atoms with Crippen molar-refractivity contribution < 1.29 is 14.3 Å². The zero-order chi connectivity index (χ0) is 20.9. The molecule has 1 aromatic rings. The van der Waals surface area contributed by atoms with E-state index in [1.807, 2.05) is 19.3 Å². The number of carbonyl (C=O) groups is 1. The van der Waals surface area contributed by atoms with Gasteiger partial charge in [-0.1, -0.05) is 19.9 Å². The predicted molar refractivity (Wildman–Crippen MR) is 116 cm³/mol. The highest BCUT2D eigenvalue weighted by Gasteiger charge is 2.59. The number of aromatic nitrogens is 1. The molecule has 1 saturated heterocycles. The molecule has 2 heterocycles. The molecule has 1 aliphatic heterocycles. The Morgan fingerprint density at radius 3 is 2.90 bits per heavy atom. The van der Waals surface area contributed by atoms with Crippen LogP contribution in [0.5, 0.6) is 5.75 Å². The largest absolute Gasteiger partial charge is 0.492 e. The summed E-state index contributed by atoms with van der Waals surface area (Å²) in [6.45, 7) is 8.26. The van der Waals surface area contributed by atoms with E-state index in [-0.39, 0.29) is 23.0 Å². The third-order valence-corrected chi connectivity index (χ3v) is 8.88. The van der Waals surface area contributed by atoms with Crippen LogP contribution in [-0.4, -0.2) is 30.3 Å². The minimum absolute atomic E-state index is 0.0616. The highest BCUT2D eigenvalue weighted by Crippen LogP contribution is 2.65. The fourth-order valence-electron chi connectivity index (χ4n) is 7.39. The molecular weight excluding hydrogens is 376 g/mol. The molecule has 162 valence electrons. The van der Waals surface area contributed by atoms with Gasteiger partial charge in [0.25, 0.3) is 0 Å². The van der Waals surface area contributed by atoms with Crippen LogP contribution in [-0.2, 0) is 4.74 Å². The number of allylic oxidation sites excluding steroid dienone is 2. The van der Waals surface area contributed by atoms with Gasteiger partial charge in [-0.3, -0.25) is 4.98 Å². The first-order chi connectivity index (χ1) is 14.5. The number of nitrogens with zero attached hydrogens (tertiary/aromatic N) is 1. The summed E-state index contributed by atoms with van der Waals surface area (Å²) >= 11 is 0.